The molecule has 0 N–H and O–H groups in total. The van der Waals surface area contributed by atoms with Gasteiger partial charge < -0.3 is 0 Å². The Morgan fingerprint density at radius 1 is 0.533 bits per heavy atom. The van der Waals surface area contributed by atoms with E-state index in [1.807, 2.05) is 0 Å². The van der Waals surface area contributed by atoms with Crippen LogP contribution in [0.4, 0.5) is 0 Å². The summed E-state index contributed by atoms with van der Waals surface area (Å²) in [6.07, 6.45) is 16.8. The second-order valence-corrected chi connectivity index (χ2v) is 6.13. The Bertz CT molecular complexity index is 157. The van der Waals surface area contributed by atoms with E-state index in [2.05, 4.69) is 6.92 Å². The van der Waals surface area contributed by atoms with Crippen LogP contribution in [0.1, 0.15) is 77.6 Å². The quantitative estimate of drug-likeness (QED) is 0.557. The van der Waals surface area contributed by atoms with Gasteiger partial charge in [0.25, 0.3) is 0 Å². The summed E-state index contributed by atoms with van der Waals surface area (Å²) < 4.78 is 0. The molecule has 15 heavy (non-hydrogen) atoms. The Kier molecular flexibility index (Phi) is 4.53. The summed E-state index contributed by atoms with van der Waals surface area (Å²) in [5.74, 6) is 3.24. The second kappa shape index (κ2) is 5.92. The fourth-order valence-corrected chi connectivity index (χ4v) is 3.72. The standard InChI is InChI=1S/C15H28/c1-13-9-11-15(12-10-13)14-7-5-3-2-4-6-8-14/h13-15H,2-12H2,1H3. The molecule has 88 valence electrons. The zero-order valence-electron chi connectivity index (χ0n) is 10.5. The van der Waals surface area contributed by atoms with E-state index in [9.17, 15) is 0 Å². The van der Waals surface area contributed by atoms with Crippen molar-refractivity contribution in [2.45, 2.75) is 77.6 Å². The van der Waals surface area contributed by atoms with Gasteiger partial charge in [-0.3, -0.25) is 0 Å². The summed E-state index contributed by atoms with van der Waals surface area (Å²) in [6.45, 7) is 2.44. The van der Waals surface area contributed by atoms with Crippen molar-refractivity contribution in [2.24, 2.45) is 17.8 Å². The Balaban J connectivity index is 1.79. The van der Waals surface area contributed by atoms with E-state index in [4.69, 9.17) is 0 Å². The van der Waals surface area contributed by atoms with Gasteiger partial charge in [-0.2, -0.15) is 0 Å². The Labute approximate surface area is 95.8 Å². The third-order valence-electron chi connectivity index (χ3n) is 4.88. The summed E-state index contributed by atoms with van der Waals surface area (Å²) in [6, 6.07) is 0. The van der Waals surface area contributed by atoms with Crippen LogP contribution in [0.25, 0.3) is 0 Å². The van der Waals surface area contributed by atoms with Gasteiger partial charge in [0.05, 0.1) is 0 Å². The average molecular weight is 208 g/mol. The van der Waals surface area contributed by atoms with Gasteiger partial charge in [0.2, 0.25) is 0 Å². The molecule has 2 rings (SSSR count). The molecular formula is C15H28. The van der Waals surface area contributed by atoms with E-state index in [-0.39, 0.29) is 0 Å². The predicted octanol–water partition coefficient (Wildman–Crippen LogP) is 5.17. The first-order chi connectivity index (χ1) is 7.36. The van der Waals surface area contributed by atoms with Gasteiger partial charge in [0.1, 0.15) is 0 Å². The minimum Gasteiger partial charge on any atom is -0.0625 e. The van der Waals surface area contributed by atoms with Crippen molar-refractivity contribution < 1.29 is 0 Å². The molecule has 0 aromatic heterocycles. The molecular weight excluding hydrogens is 180 g/mol. The molecule has 0 aliphatic heterocycles. The SMILES string of the molecule is CC1CCC(C2CCCCCCC2)CC1. The van der Waals surface area contributed by atoms with Crippen molar-refractivity contribution in [3.63, 3.8) is 0 Å². The number of hydrogen-bond acceptors (Lipinski definition) is 0. The maximum absolute atomic E-state index is 2.44. The van der Waals surface area contributed by atoms with E-state index in [1.165, 1.54) is 44.9 Å². The van der Waals surface area contributed by atoms with Gasteiger partial charge in [-0.1, -0.05) is 64.7 Å². The molecule has 2 aliphatic carbocycles. The minimum atomic E-state index is 1.02. The zero-order valence-corrected chi connectivity index (χ0v) is 10.5. The highest BCUT2D eigenvalue weighted by molar-refractivity contribution is 4.77. The summed E-state index contributed by atoms with van der Waals surface area (Å²) in [5, 5.41) is 0. The molecule has 2 fully saturated rings. The van der Waals surface area contributed by atoms with Gasteiger partial charge in [0, 0.05) is 0 Å². The van der Waals surface area contributed by atoms with Gasteiger partial charge in [-0.25, -0.2) is 0 Å². The summed E-state index contributed by atoms with van der Waals surface area (Å²) >= 11 is 0. The van der Waals surface area contributed by atoms with Crippen LogP contribution < -0.4 is 0 Å². The normalized spacial score (nSPS) is 35.8. The minimum absolute atomic E-state index is 1.02. The molecule has 0 spiro atoms. The van der Waals surface area contributed by atoms with Crippen molar-refractivity contribution in [3.05, 3.63) is 0 Å². The molecule has 0 unspecified atom stereocenters. The highest BCUT2D eigenvalue weighted by Gasteiger charge is 2.25. The van der Waals surface area contributed by atoms with Gasteiger partial charge in [-0.05, 0) is 30.6 Å². The molecule has 2 saturated carbocycles. The maximum atomic E-state index is 2.44. The predicted molar refractivity (Wildman–Crippen MR) is 66.9 cm³/mol. The van der Waals surface area contributed by atoms with E-state index in [0.717, 1.165) is 17.8 Å². The molecule has 0 aromatic carbocycles. The lowest BCUT2D eigenvalue weighted by molar-refractivity contribution is 0.182. The smallest absolute Gasteiger partial charge is 0.0386 e. The Hall–Kier alpha value is 0. The molecule has 0 radical (unpaired) electrons. The van der Waals surface area contributed by atoms with Crippen molar-refractivity contribution >= 4 is 0 Å². The van der Waals surface area contributed by atoms with Crippen LogP contribution >= 0.6 is 0 Å². The van der Waals surface area contributed by atoms with Crippen LogP contribution in [0, 0.1) is 17.8 Å². The molecule has 0 atom stereocenters. The highest BCUT2D eigenvalue weighted by Crippen LogP contribution is 2.38. The lowest BCUT2D eigenvalue weighted by Crippen LogP contribution is -2.21. The van der Waals surface area contributed by atoms with Crippen molar-refractivity contribution in [3.8, 4) is 0 Å². The first-order valence-corrected chi connectivity index (χ1v) is 7.36. The molecule has 0 bridgehead atoms. The fourth-order valence-electron chi connectivity index (χ4n) is 3.72. The summed E-state index contributed by atoms with van der Waals surface area (Å²) in [5.41, 5.74) is 0. The van der Waals surface area contributed by atoms with Crippen LogP contribution in [-0.2, 0) is 0 Å². The first kappa shape index (κ1) is 11.5. The summed E-state index contributed by atoms with van der Waals surface area (Å²) in [7, 11) is 0. The lowest BCUT2D eigenvalue weighted by Gasteiger charge is -2.33. The molecule has 2 aliphatic rings. The molecule has 0 heterocycles. The molecule has 0 amide bonds. The van der Waals surface area contributed by atoms with Crippen molar-refractivity contribution in [2.75, 3.05) is 0 Å². The van der Waals surface area contributed by atoms with E-state index in [1.54, 1.807) is 25.7 Å². The fraction of sp³-hybridized carbons (Fsp3) is 1.00. The van der Waals surface area contributed by atoms with Crippen LogP contribution in [0.15, 0.2) is 0 Å². The van der Waals surface area contributed by atoms with Crippen molar-refractivity contribution in [1.29, 1.82) is 0 Å². The van der Waals surface area contributed by atoms with Crippen molar-refractivity contribution in [1.82, 2.24) is 0 Å². The van der Waals surface area contributed by atoms with Crippen LogP contribution in [0.5, 0.6) is 0 Å². The van der Waals surface area contributed by atoms with Gasteiger partial charge in [0.15, 0.2) is 0 Å². The average Bonchev–Trinajstić information content (AvgIpc) is 2.19. The zero-order chi connectivity index (χ0) is 10.5. The monoisotopic (exact) mass is 208 g/mol. The third kappa shape index (κ3) is 3.50. The number of rotatable bonds is 1. The third-order valence-corrected chi connectivity index (χ3v) is 4.88. The maximum Gasteiger partial charge on any atom is -0.0386 e. The first-order valence-electron chi connectivity index (χ1n) is 7.36. The number of hydrogen-bond donors (Lipinski definition) is 0. The molecule has 0 saturated heterocycles. The lowest BCUT2D eigenvalue weighted by atomic mass is 9.72. The van der Waals surface area contributed by atoms with Gasteiger partial charge >= 0.3 is 0 Å². The van der Waals surface area contributed by atoms with Crippen LogP contribution in [-0.4, -0.2) is 0 Å². The summed E-state index contributed by atoms with van der Waals surface area (Å²) in [4.78, 5) is 0. The van der Waals surface area contributed by atoms with E-state index in [0.29, 0.717) is 0 Å². The van der Waals surface area contributed by atoms with Crippen LogP contribution in [0.2, 0.25) is 0 Å². The Morgan fingerprint density at radius 3 is 1.60 bits per heavy atom. The Morgan fingerprint density at radius 2 is 1.00 bits per heavy atom. The topological polar surface area (TPSA) is 0 Å². The van der Waals surface area contributed by atoms with E-state index >= 15 is 0 Å². The molecule has 0 aromatic rings. The molecule has 0 heteroatoms. The highest BCUT2D eigenvalue weighted by atomic mass is 14.3. The molecule has 0 nitrogen and oxygen atoms in total. The second-order valence-electron chi connectivity index (χ2n) is 6.13. The largest absolute Gasteiger partial charge is 0.0625 e. The van der Waals surface area contributed by atoms with Gasteiger partial charge in [-0.15, -0.1) is 0 Å². The van der Waals surface area contributed by atoms with Crippen LogP contribution in [0.3, 0.4) is 0 Å². The van der Waals surface area contributed by atoms with E-state index < -0.39 is 0 Å².